The predicted octanol–water partition coefficient (Wildman–Crippen LogP) is 3.35. The first-order chi connectivity index (χ1) is 6.46. The molecule has 1 aromatic carbocycles. The number of rotatable bonds is 2. The Balaban J connectivity index is 2.34. The summed E-state index contributed by atoms with van der Waals surface area (Å²) in [6.07, 6.45) is 2.20. The Morgan fingerprint density at radius 2 is 1.79 bits per heavy atom. The first-order valence-corrected chi connectivity index (χ1v) is 5.32. The van der Waals surface area contributed by atoms with Gasteiger partial charge in [0.15, 0.2) is 0 Å². The van der Waals surface area contributed by atoms with Gasteiger partial charge in [0, 0.05) is 10.4 Å². The van der Waals surface area contributed by atoms with E-state index < -0.39 is 5.60 Å². The molecule has 0 aromatic heterocycles. The lowest BCUT2D eigenvalue weighted by Crippen LogP contribution is -2.31. The summed E-state index contributed by atoms with van der Waals surface area (Å²) in [5, 5.41) is 11.1. The third-order valence-corrected chi connectivity index (χ3v) is 3.83. The Hall–Kier alpha value is -0.530. The van der Waals surface area contributed by atoms with Crippen LogP contribution in [-0.2, 0) is 5.60 Å². The zero-order valence-corrected chi connectivity index (χ0v) is 9.30. The summed E-state index contributed by atoms with van der Waals surface area (Å²) in [5.74, 6) is 0. The Bertz CT molecular complexity index is 336. The first kappa shape index (κ1) is 10.0. The lowest BCUT2D eigenvalue weighted by molar-refractivity contribution is -0.0126. The molecule has 0 spiro atoms. The van der Waals surface area contributed by atoms with E-state index >= 15 is 0 Å². The van der Waals surface area contributed by atoms with Crippen molar-refractivity contribution >= 4 is 11.6 Å². The monoisotopic (exact) mass is 210 g/mol. The molecule has 1 aromatic rings. The van der Waals surface area contributed by atoms with Crippen LogP contribution in [0.3, 0.4) is 0 Å². The van der Waals surface area contributed by atoms with Crippen molar-refractivity contribution in [2.45, 2.75) is 32.3 Å². The molecule has 1 fully saturated rings. The molecule has 0 bridgehead atoms. The summed E-state index contributed by atoms with van der Waals surface area (Å²) in [6.45, 7) is 4.02. The topological polar surface area (TPSA) is 20.2 Å². The SMILES string of the molecule is CC1(C(C)(O)c2ccc(Cl)cc2)CC1. The Morgan fingerprint density at radius 3 is 2.21 bits per heavy atom. The summed E-state index contributed by atoms with van der Waals surface area (Å²) in [6, 6.07) is 7.48. The van der Waals surface area contributed by atoms with Crippen LogP contribution in [0, 0.1) is 5.41 Å². The van der Waals surface area contributed by atoms with E-state index in [0.717, 1.165) is 18.4 Å². The molecule has 1 saturated carbocycles. The number of hydrogen-bond donors (Lipinski definition) is 1. The minimum absolute atomic E-state index is 0.0564. The van der Waals surface area contributed by atoms with Crippen LogP contribution in [0.1, 0.15) is 32.3 Å². The second kappa shape index (κ2) is 2.98. The van der Waals surface area contributed by atoms with Crippen LogP contribution in [0.25, 0.3) is 0 Å². The van der Waals surface area contributed by atoms with Gasteiger partial charge >= 0.3 is 0 Å². The average Bonchev–Trinajstić information content (AvgIpc) is 2.86. The van der Waals surface area contributed by atoms with E-state index in [9.17, 15) is 5.11 Å². The molecule has 0 aliphatic heterocycles. The van der Waals surface area contributed by atoms with Crippen LogP contribution in [0.5, 0.6) is 0 Å². The fourth-order valence-corrected chi connectivity index (χ4v) is 1.92. The largest absolute Gasteiger partial charge is 0.385 e. The molecule has 14 heavy (non-hydrogen) atoms. The van der Waals surface area contributed by atoms with Crippen molar-refractivity contribution in [2.24, 2.45) is 5.41 Å². The van der Waals surface area contributed by atoms with Gasteiger partial charge in [-0.2, -0.15) is 0 Å². The van der Waals surface area contributed by atoms with Crippen molar-refractivity contribution < 1.29 is 5.11 Å². The van der Waals surface area contributed by atoms with Crippen molar-refractivity contribution in [3.05, 3.63) is 34.9 Å². The molecule has 1 aliphatic rings. The molecule has 1 unspecified atom stereocenters. The van der Waals surface area contributed by atoms with Gasteiger partial charge in [-0.05, 0) is 37.5 Å². The summed E-state index contributed by atoms with van der Waals surface area (Å²) >= 11 is 5.81. The molecule has 2 heteroatoms. The number of halogens is 1. The predicted molar refractivity (Wildman–Crippen MR) is 58.4 cm³/mol. The zero-order valence-electron chi connectivity index (χ0n) is 8.55. The highest BCUT2D eigenvalue weighted by molar-refractivity contribution is 6.30. The van der Waals surface area contributed by atoms with Gasteiger partial charge < -0.3 is 5.11 Å². The maximum absolute atomic E-state index is 10.4. The van der Waals surface area contributed by atoms with Gasteiger partial charge in [-0.1, -0.05) is 30.7 Å². The number of hydrogen-bond acceptors (Lipinski definition) is 1. The van der Waals surface area contributed by atoms with E-state index in [-0.39, 0.29) is 5.41 Å². The van der Waals surface area contributed by atoms with E-state index in [1.807, 2.05) is 31.2 Å². The molecule has 0 amide bonds. The molecular formula is C12H15ClO. The molecule has 76 valence electrons. The van der Waals surface area contributed by atoms with E-state index in [2.05, 4.69) is 6.92 Å². The van der Waals surface area contributed by atoms with E-state index in [0.29, 0.717) is 5.02 Å². The summed E-state index contributed by atoms with van der Waals surface area (Å²) in [4.78, 5) is 0. The molecule has 0 saturated heterocycles. The highest BCUT2D eigenvalue weighted by atomic mass is 35.5. The molecule has 0 radical (unpaired) electrons. The highest BCUT2D eigenvalue weighted by Crippen LogP contribution is 2.57. The zero-order chi connectivity index (χ0) is 10.4. The smallest absolute Gasteiger partial charge is 0.0921 e. The maximum Gasteiger partial charge on any atom is 0.0921 e. The fourth-order valence-electron chi connectivity index (χ4n) is 1.80. The van der Waals surface area contributed by atoms with E-state index in [4.69, 9.17) is 11.6 Å². The Labute approximate surface area is 89.7 Å². The lowest BCUT2D eigenvalue weighted by Gasteiger charge is -2.31. The summed E-state index contributed by atoms with van der Waals surface area (Å²) in [5.41, 5.74) is 0.292. The minimum Gasteiger partial charge on any atom is -0.385 e. The quantitative estimate of drug-likeness (QED) is 0.794. The standard InChI is InChI=1S/C12H15ClO/c1-11(7-8-11)12(2,14)9-3-5-10(13)6-4-9/h3-6,14H,7-8H2,1-2H3. The highest BCUT2D eigenvalue weighted by Gasteiger charge is 2.52. The second-order valence-corrected chi connectivity index (χ2v) is 5.08. The maximum atomic E-state index is 10.4. The lowest BCUT2D eigenvalue weighted by atomic mass is 9.81. The van der Waals surface area contributed by atoms with Gasteiger partial charge in [-0.15, -0.1) is 0 Å². The third-order valence-electron chi connectivity index (χ3n) is 3.58. The van der Waals surface area contributed by atoms with Crippen molar-refractivity contribution in [3.8, 4) is 0 Å². The number of benzene rings is 1. The molecule has 2 rings (SSSR count). The van der Waals surface area contributed by atoms with Gasteiger partial charge in [0.05, 0.1) is 5.60 Å². The molecule has 1 atom stereocenters. The molecular weight excluding hydrogens is 196 g/mol. The van der Waals surface area contributed by atoms with E-state index in [1.54, 1.807) is 0 Å². The van der Waals surface area contributed by atoms with Crippen molar-refractivity contribution in [1.82, 2.24) is 0 Å². The summed E-state index contributed by atoms with van der Waals surface area (Å²) < 4.78 is 0. The molecule has 1 aliphatic carbocycles. The first-order valence-electron chi connectivity index (χ1n) is 4.94. The van der Waals surface area contributed by atoms with Crippen LogP contribution in [0.4, 0.5) is 0 Å². The minimum atomic E-state index is -0.725. The Morgan fingerprint density at radius 1 is 1.29 bits per heavy atom. The third kappa shape index (κ3) is 1.45. The van der Waals surface area contributed by atoms with Crippen LogP contribution in [0.2, 0.25) is 5.02 Å². The number of aliphatic hydroxyl groups is 1. The summed E-state index contributed by atoms with van der Waals surface area (Å²) in [7, 11) is 0. The normalized spacial score (nSPS) is 22.9. The van der Waals surface area contributed by atoms with Crippen LogP contribution < -0.4 is 0 Å². The molecule has 1 N–H and O–H groups in total. The van der Waals surface area contributed by atoms with Gasteiger partial charge in [-0.25, -0.2) is 0 Å². The van der Waals surface area contributed by atoms with Gasteiger partial charge in [-0.3, -0.25) is 0 Å². The van der Waals surface area contributed by atoms with Crippen molar-refractivity contribution in [3.63, 3.8) is 0 Å². The van der Waals surface area contributed by atoms with Crippen molar-refractivity contribution in [2.75, 3.05) is 0 Å². The average molecular weight is 211 g/mol. The van der Waals surface area contributed by atoms with Gasteiger partial charge in [0.25, 0.3) is 0 Å². The molecule has 1 nitrogen and oxygen atoms in total. The van der Waals surface area contributed by atoms with Gasteiger partial charge in [0.2, 0.25) is 0 Å². The van der Waals surface area contributed by atoms with Crippen LogP contribution in [0.15, 0.2) is 24.3 Å². The van der Waals surface area contributed by atoms with Crippen LogP contribution >= 0.6 is 11.6 Å². The fraction of sp³-hybridized carbons (Fsp3) is 0.500. The van der Waals surface area contributed by atoms with E-state index in [1.165, 1.54) is 0 Å². The molecule has 0 heterocycles. The second-order valence-electron chi connectivity index (χ2n) is 4.64. The van der Waals surface area contributed by atoms with Crippen LogP contribution in [-0.4, -0.2) is 5.11 Å². The Kier molecular flexibility index (Phi) is 2.13. The van der Waals surface area contributed by atoms with Gasteiger partial charge in [0.1, 0.15) is 0 Å². The van der Waals surface area contributed by atoms with Crippen molar-refractivity contribution in [1.29, 1.82) is 0 Å².